The number of hydrogen-bond donors (Lipinski definition) is 1. The molecule has 1 aromatic carbocycles. The highest BCUT2D eigenvalue weighted by molar-refractivity contribution is 7.99. The van der Waals surface area contributed by atoms with Crippen molar-refractivity contribution in [1.82, 2.24) is 9.88 Å². The lowest BCUT2D eigenvalue weighted by Gasteiger charge is -2.18. The van der Waals surface area contributed by atoms with Gasteiger partial charge in [0.15, 0.2) is 0 Å². The number of benzene rings is 1. The van der Waals surface area contributed by atoms with Crippen molar-refractivity contribution >= 4 is 34.3 Å². The van der Waals surface area contributed by atoms with Crippen LogP contribution in [0.3, 0.4) is 0 Å². The van der Waals surface area contributed by atoms with Crippen molar-refractivity contribution in [2.45, 2.75) is 24.3 Å². The molecule has 0 spiro atoms. The second-order valence-corrected chi connectivity index (χ2v) is 6.56. The van der Waals surface area contributed by atoms with Crippen LogP contribution in [-0.2, 0) is 19.4 Å². The maximum absolute atomic E-state index is 14.0. The number of halogens is 2. The summed E-state index contributed by atoms with van der Waals surface area (Å²) in [5, 5.41) is 4.78. The van der Waals surface area contributed by atoms with Gasteiger partial charge in [-0.25, -0.2) is 4.39 Å². The first kappa shape index (κ1) is 12.1. The van der Waals surface area contributed by atoms with Crippen LogP contribution in [0.25, 0.3) is 10.9 Å². The molecule has 2 nitrogen and oxygen atoms in total. The minimum absolute atomic E-state index is 0.282. The normalized spacial score (nSPS) is 18.4. The molecule has 1 N–H and O–H groups in total. The van der Waals surface area contributed by atoms with Gasteiger partial charge in [-0.3, -0.25) is 0 Å². The maximum atomic E-state index is 14.0. The average Bonchev–Trinajstić information content (AvgIpc) is 2.61. The number of hydrogen-bond acceptors (Lipinski definition) is 2. The Morgan fingerprint density at radius 3 is 3.05 bits per heavy atom. The molecule has 0 unspecified atom stereocenters. The SMILES string of the molecule is Fc1cc2c3c(n4c2c(c1Cl)SCC4)CCNCC3. The van der Waals surface area contributed by atoms with Gasteiger partial charge in [0, 0.05) is 36.3 Å². The monoisotopic (exact) mass is 296 g/mol. The van der Waals surface area contributed by atoms with E-state index >= 15 is 0 Å². The Labute approximate surface area is 120 Å². The average molecular weight is 297 g/mol. The molecular formula is C14H14ClFN2S. The van der Waals surface area contributed by atoms with Crippen molar-refractivity contribution in [1.29, 1.82) is 0 Å². The molecule has 19 heavy (non-hydrogen) atoms. The van der Waals surface area contributed by atoms with Gasteiger partial charge >= 0.3 is 0 Å². The highest BCUT2D eigenvalue weighted by Crippen LogP contribution is 2.43. The van der Waals surface area contributed by atoms with Crippen LogP contribution in [0.1, 0.15) is 11.3 Å². The highest BCUT2D eigenvalue weighted by atomic mass is 35.5. The van der Waals surface area contributed by atoms with E-state index in [1.807, 2.05) is 0 Å². The van der Waals surface area contributed by atoms with Crippen molar-refractivity contribution in [3.05, 3.63) is 28.2 Å². The third-order valence-electron chi connectivity index (χ3n) is 4.07. The lowest BCUT2D eigenvalue weighted by atomic mass is 10.1. The molecule has 5 heteroatoms. The summed E-state index contributed by atoms with van der Waals surface area (Å²) >= 11 is 7.83. The molecule has 0 amide bonds. The van der Waals surface area contributed by atoms with E-state index < -0.39 is 0 Å². The van der Waals surface area contributed by atoms with Crippen LogP contribution < -0.4 is 5.32 Å². The molecule has 0 bridgehead atoms. The predicted molar refractivity (Wildman–Crippen MR) is 77.9 cm³/mol. The quantitative estimate of drug-likeness (QED) is 0.804. The molecule has 1 aromatic heterocycles. The second kappa shape index (κ2) is 4.40. The zero-order valence-corrected chi connectivity index (χ0v) is 12.0. The zero-order chi connectivity index (χ0) is 13.0. The van der Waals surface area contributed by atoms with Gasteiger partial charge in [0.25, 0.3) is 0 Å². The van der Waals surface area contributed by atoms with Gasteiger partial charge in [0.1, 0.15) is 5.82 Å². The van der Waals surface area contributed by atoms with E-state index in [1.54, 1.807) is 17.8 Å². The second-order valence-electron chi connectivity index (χ2n) is 5.07. The molecule has 2 aliphatic heterocycles. The summed E-state index contributed by atoms with van der Waals surface area (Å²) in [6, 6.07) is 1.63. The lowest BCUT2D eigenvalue weighted by Crippen LogP contribution is -2.18. The zero-order valence-electron chi connectivity index (χ0n) is 10.4. The fourth-order valence-electron chi connectivity index (χ4n) is 3.27. The number of fused-ring (bicyclic) bond motifs is 3. The molecule has 0 fully saturated rings. The molecule has 0 saturated heterocycles. The summed E-state index contributed by atoms with van der Waals surface area (Å²) in [4.78, 5) is 0.934. The van der Waals surface area contributed by atoms with Crippen LogP contribution in [0.5, 0.6) is 0 Å². The molecule has 0 saturated carbocycles. The van der Waals surface area contributed by atoms with E-state index in [0.717, 1.165) is 54.0 Å². The Morgan fingerprint density at radius 1 is 1.32 bits per heavy atom. The molecule has 0 atom stereocenters. The molecule has 100 valence electrons. The Hall–Kier alpha value is -0.710. The molecule has 0 aliphatic carbocycles. The lowest BCUT2D eigenvalue weighted by molar-refractivity contribution is 0.625. The number of rotatable bonds is 0. The Kier molecular flexibility index (Phi) is 2.79. The number of nitrogens with zero attached hydrogens (tertiary/aromatic N) is 1. The van der Waals surface area contributed by atoms with Crippen molar-refractivity contribution in [2.24, 2.45) is 0 Å². The van der Waals surface area contributed by atoms with E-state index in [9.17, 15) is 4.39 Å². The topological polar surface area (TPSA) is 17.0 Å². The predicted octanol–water partition coefficient (Wildman–Crippen LogP) is 3.23. The van der Waals surface area contributed by atoms with E-state index in [2.05, 4.69) is 9.88 Å². The van der Waals surface area contributed by atoms with Crippen LogP contribution in [-0.4, -0.2) is 23.4 Å². The maximum Gasteiger partial charge on any atom is 0.143 e. The Morgan fingerprint density at radius 2 is 2.16 bits per heavy atom. The fourth-order valence-corrected chi connectivity index (χ4v) is 4.64. The Balaban J connectivity index is 2.12. The van der Waals surface area contributed by atoms with Crippen molar-refractivity contribution < 1.29 is 4.39 Å². The summed E-state index contributed by atoms with van der Waals surface area (Å²) in [7, 11) is 0. The van der Waals surface area contributed by atoms with Crippen molar-refractivity contribution in [2.75, 3.05) is 18.8 Å². The van der Waals surface area contributed by atoms with Gasteiger partial charge in [-0.15, -0.1) is 11.8 Å². The van der Waals surface area contributed by atoms with Gasteiger partial charge in [0.2, 0.25) is 0 Å². The van der Waals surface area contributed by atoms with Gasteiger partial charge in [-0.2, -0.15) is 0 Å². The first-order chi connectivity index (χ1) is 9.27. The summed E-state index contributed by atoms with van der Waals surface area (Å²) < 4.78 is 16.4. The molecule has 2 aromatic rings. The van der Waals surface area contributed by atoms with Crippen LogP contribution in [0.4, 0.5) is 4.39 Å². The first-order valence-corrected chi connectivity index (χ1v) is 7.99. The van der Waals surface area contributed by atoms with E-state index in [1.165, 1.54) is 11.3 Å². The van der Waals surface area contributed by atoms with Gasteiger partial charge in [0.05, 0.1) is 15.4 Å². The molecule has 3 heterocycles. The Bertz CT molecular complexity index is 680. The van der Waals surface area contributed by atoms with Crippen LogP contribution in [0, 0.1) is 5.82 Å². The minimum Gasteiger partial charge on any atom is -0.342 e. The highest BCUT2D eigenvalue weighted by Gasteiger charge is 2.26. The smallest absolute Gasteiger partial charge is 0.143 e. The number of aryl methyl sites for hydroxylation is 1. The third-order valence-corrected chi connectivity index (χ3v) is 5.63. The van der Waals surface area contributed by atoms with Crippen LogP contribution >= 0.6 is 23.4 Å². The number of nitrogens with one attached hydrogen (secondary N) is 1. The van der Waals surface area contributed by atoms with E-state index in [4.69, 9.17) is 11.6 Å². The minimum atomic E-state index is -0.282. The van der Waals surface area contributed by atoms with Crippen molar-refractivity contribution in [3.63, 3.8) is 0 Å². The van der Waals surface area contributed by atoms with E-state index in [-0.39, 0.29) is 5.82 Å². The summed E-state index contributed by atoms with van der Waals surface area (Å²) in [6.45, 7) is 2.98. The fraction of sp³-hybridized carbons (Fsp3) is 0.429. The van der Waals surface area contributed by atoms with E-state index in [0.29, 0.717) is 5.02 Å². The number of thioether (sulfide) groups is 1. The largest absolute Gasteiger partial charge is 0.342 e. The summed E-state index contributed by atoms with van der Waals surface area (Å²) in [5.41, 5.74) is 3.86. The summed E-state index contributed by atoms with van der Waals surface area (Å²) in [5.74, 6) is 0.690. The van der Waals surface area contributed by atoms with Gasteiger partial charge in [-0.05, 0) is 24.6 Å². The first-order valence-electron chi connectivity index (χ1n) is 6.63. The molecule has 0 radical (unpaired) electrons. The van der Waals surface area contributed by atoms with Gasteiger partial charge < -0.3 is 9.88 Å². The van der Waals surface area contributed by atoms with Crippen LogP contribution in [0.15, 0.2) is 11.0 Å². The number of aromatic nitrogens is 1. The molecular weight excluding hydrogens is 283 g/mol. The van der Waals surface area contributed by atoms with Crippen molar-refractivity contribution in [3.8, 4) is 0 Å². The molecule has 4 rings (SSSR count). The van der Waals surface area contributed by atoms with Crippen LogP contribution in [0.2, 0.25) is 5.02 Å². The summed E-state index contributed by atoms with van der Waals surface area (Å²) in [6.07, 6.45) is 2.00. The third kappa shape index (κ3) is 1.66. The van der Waals surface area contributed by atoms with Gasteiger partial charge in [-0.1, -0.05) is 11.6 Å². The standard InChI is InChI=1S/C14H14ClFN2S/c15-12-10(16)7-9-8-1-3-17-4-2-11(8)18-5-6-19-14(12)13(9)18/h7,17H,1-6H2. The molecule has 2 aliphatic rings.